The first-order chi connectivity index (χ1) is 13.8. The zero-order chi connectivity index (χ0) is 20.1. The third-order valence-corrected chi connectivity index (χ3v) is 5.45. The number of ether oxygens (including phenoxy) is 1. The quantitative estimate of drug-likeness (QED) is 0.177. The van der Waals surface area contributed by atoms with Crippen molar-refractivity contribution in [2.24, 2.45) is 0 Å². The van der Waals surface area contributed by atoms with Crippen molar-refractivity contribution in [2.45, 2.75) is 116 Å². The van der Waals surface area contributed by atoms with Gasteiger partial charge in [-0.3, -0.25) is 4.79 Å². The van der Waals surface area contributed by atoms with Gasteiger partial charge in [-0.2, -0.15) is 0 Å². The van der Waals surface area contributed by atoms with Crippen LogP contribution in [0.3, 0.4) is 0 Å². The summed E-state index contributed by atoms with van der Waals surface area (Å²) in [4.78, 5) is 11.7. The van der Waals surface area contributed by atoms with Gasteiger partial charge in [-0.1, -0.05) is 121 Å². The molecule has 0 aromatic heterocycles. The summed E-state index contributed by atoms with van der Waals surface area (Å²) < 4.78 is 5.35. The Balaban J connectivity index is 1.76. The number of benzene rings is 1. The minimum Gasteiger partial charge on any atom is -0.466 e. The maximum absolute atomic E-state index is 11.7. The molecule has 0 atom stereocenters. The summed E-state index contributed by atoms with van der Waals surface area (Å²) in [6, 6.07) is 10.3. The highest BCUT2D eigenvalue weighted by Gasteiger charge is 2.03. The summed E-state index contributed by atoms with van der Waals surface area (Å²) in [6.45, 7) is 2.88. The van der Waals surface area contributed by atoms with Gasteiger partial charge in [0.05, 0.1) is 6.61 Å². The van der Waals surface area contributed by atoms with Crippen molar-refractivity contribution in [3.63, 3.8) is 0 Å². The number of carbonyl (C=O) groups is 1. The number of unbranched alkanes of at least 4 members (excludes halogenated alkanes) is 13. The van der Waals surface area contributed by atoms with Gasteiger partial charge in [-0.25, -0.2) is 0 Å². The van der Waals surface area contributed by atoms with E-state index in [0.717, 1.165) is 19.3 Å². The van der Waals surface area contributed by atoms with Crippen LogP contribution < -0.4 is 0 Å². The molecule has 0 aliphatic carbocycles. The van der Waals surface area contributed by atoms with Gasteiger partial charge >= 0.3 is 5.97 Å². The van der Waals surface area contributed by atoms with Crippen molar-refractivity contribution >= 4 is 5.97 Å². The van der Waals surface area contributed by atoms with Crippen molar-refractivity contribution in [1.82, 2.24) is 0 Å². The highest BCUT2D eigenvalue weighted by molar-refractivity contribution is 5.69. The molecule has 1 rings (SSSR count). The van der Waals surface area contributed by atoms with Crippen LogP contribution in [0.2, 0.25) is 0 Å². The molecule has 0 heterocycles. The van der Waals surface area contributed by atoms with E-state index < -0.39 is 0 Å². The summed E-state index contributed by atoms with van der Waals surface area (Å²) in [5, 5.41) is 0. The predicted octanol–water partition coefficient (Wildman–Crippen LogP) is 8.03. The van der Waals surface area contributed by atoms with Crippen LogP contribution in [0.25, 0.3) is 0 Å². The maximum Gasteiger partial charge on any atom is 0.305 e. The number of rotatable bonds is 19. The molecule has 160 valence electrons. The minimum absolute atomic E-state index is 0.0365. The zero-order valence-electron chi connectivity index (χ0n) is 18.4. The number of hydrogen-bond donors (Lipinski definition) is 0. The smallest absolute Gasteiger partial charge is 0.305 e. The summed E-state index contributed by atoms with van der Waals surface area (Å²) >= 11 is 0. The molecule has 0 bridgehead atoms. The Bertz CT molecular complexity index is 455. The standard InChI is InChI=1S/C26H44O2/c1-2-3-4-5-6-7-8-9-10-11-12-13-14-18-24-28-26(27)23-19-22-25-20-16-15-17-21-25/h15-17,20-21H,2-14,18-19,22-24H2,1H3. The first kappa shape index (κ1) is 24.7. The molecule has 0 unspecified atom stereocenters. The van der Waals surface area contributed by atoms with Crippen LogP contribution in [0.4, 0.5) is 0 Å². The Kier molecular flexibility index (Phi) is 16.8. The van der Waals surface area contributed by atoms with Crippen LogP contribution in [-0.2, 0) is 16.0 Å². The molecule has 0 amide bonds. The molecule has 2 heteroatoms. The van der Waals surface area contributed by atoms with E-state index in [-0.39, 0.29) is 5.97 Å². The normalized spacial score (nSPS) is 10.9. The Morgan fingerprint density at radius 1 is 0.679 bits per heavy atom. The van der Waals surface area contributed by atoms with Gasteiger partial charge in [-0.05, 0) is 24.8 Å². The van der Waals surface area contributed by atoms with Crippen LogP contribution in [0.15, 0.2) is 30.3 Å². The third-order valence-electron chi connectivity index (χ3n) is 5.45. The lowest BCUT2D eigenvalue weighted by Gasteiger charge is -2.05. The number of aryl methyl sites for hydroxylation is 1. The van der Waals surface area contributed by atoms with Gasteiger partial charge in [0.2, 0.25) is 0 Å². The fourth-order valence-electron chi connectivity index (χ4n) is 3.64. The van der Waals surface area contributed by atoms with Gasteiger partial charge in [0.15, 0.2) is 0 Å². The van der Waals surface area contributed by atoms with Crippen LogP contribution in [0.5, 0.6) is 0 Å². The molecule has 0 fully saturated rings. The molecule has 0 saturated heterocycles. The molecule has 1 aromatic carbocycles. The number of esters is 1. The van der Waals surface area contributed by atoms with Gasteiger partial charge in [0, 0.05) is 6.42 Å². The molecule has 0 saturated carbocycles. The molecule has 0 N–H and O–H groups in total. The Morgan fingerprint density at radius 2 is 1.18 bits per heavy atom. The lowest BCUT2D eigenvalue weighted by molar-refractivity contribution is -0.143. The molecule has 0 aliphatic heterocycles. The molecule has 0 aliphatic rings. The highest BCUT2D eigenvalue weighted by atomic mass is 16.5. The number of hydrogen-bond acceptors (Lipinski definition) is 2. The van der Waals surface area contributed by atoms with Crippen LogP contribution >= 0.6 is 0 Å². The van der Waals surface area contributed by atoms with E-state index in [4.69, 9.17) is 4.74 Å². The average Bonchev–Trinajstić information content (AvgIpc) is 2.71. The minimum atomic E-state index is -0.0365. The maximum atomic E-state index is 11.7. The Morgan fingerprint density at radius 3 is 1.71 bits per heavy atom. The summed E-state index contributed by atoms with van der Waals surface area (Å²) in [6.07, 6.45) is 21.3. The largest absolute Gasteiger partial charge is 0.466 e. The molecular formula is C26H44O2. The van der Waals surface area contributed by atoms with E-state index in [0.29, 0.717) is 13.0 Å². The molecule has 28 heavy (non-hydrogen) atoms. The van der Waals surface area contributed by atoms with Crippen molar-refractivity contribution in [3.8, 4) is 0 Å². The van der Waals surface area contributed by atoms with Gasteiger partial charge in [0.1, 0.15) is 0 Å². The molecule has 1 aromatic rings. The van der Waals surface area contributed by atoms with E-state index in [9.17, 15) is 4.79 Å². The fourth-order valence-corrected chi connectivity index (χ4v) is 3.64. The first-order valence-corrected chi connectivity index (χ1v) is 12.0. The predicted molar refractivity (Wildman–Crippen MR) is 121 cm³/mol. The van der Waals surface area contributed by atoms with Crippen molar-refractivity contribution in [3.05, 3.63) is 35.9 Å². The average molecular weight is 389 g/mol. The molecule has 0 radical (unpaired) electrons. The van der Waals surface area contributed by atoms with Crippen LogP contribution in [0, 0.1) is 0 Å². The first-order valence-electron chi connectivity index (χ1n) is 12.0. The number of carbonyl (C=O) groups excluding carboxylic acids is 1. The topological polar surface area (TPSA) is 26.3 Å². The lowest BCUT2D eigenvalue weighted by Crippen LogP contribution is -2.06. The second-order valence-electron chi connectivity index (χ2n) is 8.16. The summed E-state index contributed by atoms with van der Waals surface area (Å²) in [5.74, 6) is -0.0365. The van der Waals surface area contributed by atoms with Gasteiger partial charge in [0.25, 0.3) is 0 Å². The molecular weight excluding hydrogens is 344 g/mol. The second kappa shape index (κ2) is 19.0. The second-order valence-corrected chi connectivity index (χ2v) is 8.16. The van der Waals surface area contributed by atoms with E-state index in [1.165, 1.54) is 89.0 Å². The van der Waals surface area contributed by atoms with Crippen LogP contribution in [-0.4, -0.2) is 12.6 Å². The zero-order valence-corrected chi connectivity index (χ0v) is 18.4. The molecule has 0 spiro atoms. The van der Waals surface area contributed by atoms with Crippen LogP contribution in [0.1, 0.15) is 115 Å². The van der Waals surface area contributed by atoms with Crippen molar-refractivity contribution < 1.29 is 9.53 Å². The Hall–Kier alpha value is -1.31. The fraction of sp³-hybridized carbons (Fsp3) is 0.731. The van der Waals surface area contributed by atoms with E-state index in [1.54, 1.807) is 0 Å². The summed E-state index contributed by atoms with van der Waals surface area (Å²) in [7, 11) is 0. The van der Waals surface area contributed by atoms with Gasteiger partial charge < -0.3 is 4.74 Å². The monoisotopic (exact) mass is 388 g/mol. The van der Waals surface area contributed by atoms with Crippen molar-refractivity contribution in [1.29, 1.82) is 0 Å². The van der Waals surface area contributed by atoms with E-state index in [1.807, 2.05) is 18.2 Å². The van der Waals surface area contributed by atoms with E-state index in [2.05, 4.69) is 19.1 Å². The van der Waals surface area contributed by atoms with Gasteiger partial charge in [-0.15, -0.1) is 0 Å². The molecule has 2 nitrogen and oxygen atoms in total. The van der Waals surface area contributed by atoms with Crippen molar-refractivity contribution in [2.75, 3.05) is 6.61 Å². The SMILES string of the molecule is CCCCCCCCCCCCCCCCOC(=O)CCCc1ccccc1. The highest BCUT2D eigenvalue weighted by Crippen LogP contribution is 2.13. The Labute approximate surface area is 174 Å². The lowest BCUT2D eigenvalue weighted by atomic mass is 10.0. The third kappa shape index (κ3) is 15.7. The summed E-state index contributed by atoms with van der Waals surface area (Å²) in [5.41, 5.74) is 1.29. The van der Waals surface area contributed by atoms with E-state index >= 15 is 0 Å².